The van der Waals surface area contributed by atoms with Crippen LogP contribution in [0.5, 0.6) is 11.5 Å². The predicted molar refractivity (Wildman–Crippen MR) is 110 cm³/mol. The maximum absolute atomic E-state index is 5.69. The molecule has 4 nitrogen and oxygen atoms in total. The fourth-order valence-corrected chi connectivity index (χ4v) is 4.36. The Morgan fingerprint density at radius 2 is 1.69 bits per heavy atom. The minimum Gasteiger partial charge on any atom is -0.454 e. The van der Waals surface area contributed by atoms with Gasteiger partial charge in [0.15, 0.2) is 16.6 Å². The summed E-state index contributed by atoms with van der Waals surface area (Å²) >= 11 is 9.19. The summed E-state index contributed by atoms with van der Waals surface area (Å²) in [5.41, 5.74) is 1.11. The molecular formula is C19H18N2O2S3. The van der Waals surface area contributed by atoms with Crippen LogP contribution in [0.4, 0.5) is 0 Å². The lowest BCUT2D eigenvalue weighted by Crippen LogP contribution is -2.38. The molecule has 134 valence electrons. The molecule has 1 aliphatic rings. The lowest BCUT2D eigenvalue weighted by molar-refractivity contribution is 0.174. The summed E-state index contributed by atoms with van der Waals surface area (Å²) < 4.78 is 10.8. The summed E-state index contributed by atoms with van der Waals surface area (Å²) in [6, 6.07) is 14.4. The smallest absolute Gasteiger partial charge is 0.231 e. The van der Waals surface area contributed by atoms with E-state index in [1.54, 1.807) is 22.7 Å². The monoisotopic (exact) mass is 402 g/mol. The number of benzene rings is 1. The van der Waals surface area contributed by atoms with E-state index in [1.807, 2.05) is 18.2 Å². The molecule has 0 radical (unpaired) electrons. The molecule has 3 aromatic rings. The second-order valence-corrected chi connectivity index (χ2v) is 8.31. The predicted octanol–water partition coefficient (Wildman–Crippen LogP) is 4.62. The highest BCUT2D eigenvalue weighted by Crippen LogP contribution is 2.32. The number of hydrogen-bond donors (Lipinski definition) is 1. The van der Waals surface area contributed by atoms with Crippen LogP contribution in [-0.4, -0.2) is 16.8 Å². The molecular weight excluding hydrogens is 384 g/mol. The molecule has 1 aromatic carbocycles. The van der Waals surface area contributed by atoms with E-state index in [9.17, 15) is 0 Å². The van der Waals surface area contributed by atoms with E-state index < -0.39 is 0 Å². The third-order valence-electron chi connectivity index (χ3n) is 4.02. The van der Waals surface area contributed by atoms with Gasteiger partial charge in [0.05, 0.1) is 13.1 Å². The van der Waals surface area contributed by atoms with Crippen LogP contribution in [-0.2, 0) is 19.6 Å². The van der Waals surface area contributed by atoms with Gasteiger partial charge in [0.2, 0.25) is 6.79 Å². The Labute approximate surface area is 166 Å². The van der Waals surface area contributed by atoms with Gasteiger partial charge in [-0.3, -0.25) is 0 Å². The van der Waals surface area contributed by atoms with Crippen LogP contribution >= 0.6 is 34.9 Å². The number of thiophene rings is 2. The lowest BCUT2D eigenvalue weighted by atomic mass is 10.2. The van der Waals surface area contributed by atoms with E-state index in [0.717, 1.165) is 35.3 Å². The van der Waals surface area contributed by atoms with Gasteiger partial charge < -0.3 is 19.7 Å². The molecule has 0 bridgehead atoms. The van der Waals surface area contributed by atoms with Gasteiger partial charge in [-0.05, 0) is 52.8 Å². The van der Waals surface area contributed by atoms with Gasteiger partial charge in [-0.15, -0.1) is 22.7 Å². The Morgan fingerprint density at radius 1 is 1.00 bits per heavy atom. The molecule has 1 N–H and O–H groups in total. The molecule has 2 aromatic heterocycles. The van der Waals surface area contributed by atoms with Gasteiger partial charge in [-0.2, -0.15) is 0 Å². The number of thiocarbonyl (C=S) groups is 1. The summed E-state index contributed by atoms with van der Waals surface area (Å²) in [6.45, 7) is 2.56. The van der Waals surface area contributed by atoms with Crippen LogP contribution in [0.25, 0.3) is 0 Å². The third-order valence-corrected chi connectivity index (χ3v) is 6.15. The van der Waals surface area contributed by atoms with E-state index in [-0.39, 0.29) is 0 Å². The summed E-state index contributed by atoms with van der Waals surface area (Å²) in [4.78, 5) is 4.81. The van der Waals surface area contributed by atoms with Gasteiger partial charge in [-0.1, -0.05) is 18.2 Å². The molecule has 0 fully saturated rings. The molecule has 0 saturated carbocycles. The van der Waals surface area contributed by atoms with Crippen molar-refractivity contribution in [2.45, 2.75) is 19.6 Å². The first-order chi connectivity index (χ1) is 12.8. The number of fused-ring (bicyclic) bond motifs is 1. The summed E-state index contributed by atoms with van der Waals surface area (Å²) in [5.74, 6) is 1.59. The largest absolute Gasteiger partial charge is 0.454 e. The second-order valence-electron chi connectivity index (χ2n) is 5.86. The normalized spacial score (nSPS) is 12.2. The first kappa shape index (κ1) is 17.3. The number of rotatable bonds is 6. The van der Waals surface area contributed by atoms with E-state index in [1.165, 1.54) is 9.75 Å². The topological polar surface area (TPSA) is 33.7 Å². The van der Waals surface area contributed by atoms with Gasteiger partial charge in [0, 0.05) is 16.3 Å². The minimum absolute atomic E-state index is 0.292. The van der Waals surface area contributed by atoms with Crippen molar-refractivity contribution >= 4 is 40.0 Å². The fraction of sp³-hybridized carbons (Fsp3) is 0.211. The molecule has 26 heavy (non-hydrogen) atoms. The first-order valence-electron chi connectivity index (χ1n) is 8.24. The van der Waals surface area contributed by atoms with Gasteiger partial charge in [0.25, 0.3) is 0 Å². The molecule has 0 spiro atoms. The molecule has 0 saturated heterocycles. The quantitative estimate of drug-likeness (QED) is 0.609. The highest BCUT2D eigenvalue weighted by atomic mass is 32.1. The zero-order valence-corrected chi connectivity index (χ0v) is 16.5. The van der Waals surface area contributed by atoms with Crippen LogP contribution in [0.3, 0.4) is 0 Å². The van der Waals surface area contributed by atoms with E-state index in [2.05, 4.69) is 45.2 Å². The number of nitrogens with one attached hydrogen (secondary N) is 1. The average Bonchev–Trinajstić information content (AvgIpc) is 3.40. The zero-order valence-electron chi connectivity index (χ0n) is 14.0. The van der Waals surface area contributed by atoms with Crippen LogP contribution in [0.15, 0.2) is 53.2 Å². The van der Waals surface area contributed by atoms with E-state index in [4.69, 9.17) is 21.7 Å². The summed E-state index contributed by atoms with van der Waals surface area (Å²) in [7, 11) is 0. The lowest BCUT2D eigenvalue weighted by Gasteiger charge is -2.25. The maximum Gasteiger partial charge on any atom is 0.231 e. The highest BCUT2D eigenvalue weighted by molar-refractivity contribution is 7.80. The van der Waals surface area contributed by atoms with Crippen molar-refractivity contribution in [3.63, 3.8) is 0 Å². The number of ether oxygens (including phenoxy) is 2. The van der Waals surface area contributed by atoms with Crippen molar-refractivity contribution in [2.75, 3.05) is 6.79 Å². The van der Waals surface area contributed by atoms with Gasteiger partial charge in [0.1, 0.15) is 0 Å². The van der Waals surface area contributed by atoms with Crippen LogP contribution in [0.2, 0.25) is 0 Å². The Hall–Kier alpha value is -2.09. The molecule has 7 heteroatoms. The second kappa shape index (κ2) is 8.07. The Bertz CT molecular complexity index is 827. The van der Waals surface area contributed by atoms with Crippen LogP contribution in [0, 0.1) is 0 Å². The van der Waals surface area contributed by atoms with Gasteiger partial charge >= 0.3 is 0 Å². The van der Waals surface area contributed by atoms with Gasteiger partial charge in [-0.25, -0.2) is 0 Å². The third kappa shape index (κ3) is 4.17. The summed E-state index contributed by atoms with van der Waals surface area (Å²) in [6.07, 6.45) is 0. The SMILES string of the molecule is S=C(NCc1ccc2c(c1)OCO2)N(Cc1cccs1)Cc1cccs1. The van der Waals surface area contributed by atoms with Crippen molar-refractivity contribution in [3.8, 4) is 11.5 Å². The maximum atomic E-state index is 5.69. The molecule has 1 aliphatic heterocycles. The molecule has 0 atom stereocenters. The van der Waals surface area contributed by atoms with Crippen LogP contribution < -0.4 is 14.8 Å². The standard InChI is InChI=1S/C19H18N2O2S3/c24-19(20-10-14-5-6-17-18(9-14)23-13-22-17)21(11-15-3-1-7-25-15)12-16-4-2-8-26-16/h1-9H,10-13H2,(H,20,24). The van der Waals surface area contributed by atoms with E-state index in [0.29, 0.717) is 13.3 Å². The first-order valence-corrected chi connectivity index (χ1v) is 10.4. The van der Waals surface area contributed by atoms with Crippen LogP contribution in [0.1, 0.15) is 15.3 Å². The molecule has 3 heterocycles. The Balaban J connectivity index is 1.41. The van der Waals surface area contributed by atoms with Crippen molar-refractivity contribution in [1.82, 2.24) is 10.2 Å². The van der Waals surface area contributed by atoms with Crippen molar-refractivity contribution in [1.29, 1.82) is 0 Å². The Morgan fingerprint density at radius 3 is 2.35 bits per heavy atom. The molecule has 0 aliphatic carbocycles. The fourth-order valence-electron chi connectivity index (χ4n) is 2.72. The average molecular weight is 403 g/mol. The van der Waals surface area contributed by atoms with Crippen molar-refractivity contribution < 1.29 is 9.47 Å². The molecule has 0 unspecified atom stereocenters. The minimum atomic E-state index is 0.292. The van der Waals surface area contributed by atoms with E-state index >= 15 is 0 Å². The van der Waals surface area contributed by atoms with Crippen molar-refractivity contribution in [3.05, 3.63) is 68.5 Å². The highest BCUT2D eigenvalue weighted by Gasteiger charge is 2.15. The molecule has 0 amide bonds. The summed E-state index contributed by atoms with van der Waals surface area (Å²) in [5, 5.41) is 8.34. The van der Waals surface area contributed by atoms with Crippen molar-refractivity contribution in [2.24, 2.45) is 0 Å². The number of hydrogen-bond acceptors (Lipinski definition) is 5. The zero-order chi connectivity index (χ0) is 17.8. The number of nitrogens with zero attached hydrogens (tertiary/aromatic N) is 1. The Kier molecular flexibility index (Phi) is 5.38. The molecule has 4 rings (SSSR count).